The molecule has 94 valence electrons. The molecule has 0 bridgehead atoms. The van der Waals surface area contributed by atoms with Crippen molar-refractivity contribution in [1.29, 1.82) is 0 Å². The van der Waals surface area contributed by atoms with E-state index in [1.807, 2.05) is 25.1 Å². The fourth-order valence-corrected chi connectivity index (χ4v) is 2.31. The molecule has 0 atom stereocenters. The highest BCUT2D eigenvalue weighted by atomic mass is 16.3. The van der Waals surface area contributed by atoms with Crippen LogP contribution in [0.25, 0.3) is 21.9 Å². The summed E-state index contributed by atoms with van der Waals surface area (Å²) in [6.07, 6.45) is 0. The summed E-state index contributed by atoms with van der Waals surface area (Å²) in [5.74, 6) is 0.428. The molecule has 0 unspecified atom stereocenters. The molecule has 19 heavy (non-hydrogen) atoms. The van der Waals surface area contributed by atoms with E-state index in [1.165, 1.54) is 5.56 Å². The summed E-state index contributed by atoms with van der Waals surface area (Å²) in [5.41, 5.74) is 3.28. The first-order chi connectivity index (χ1) is 9.15. The molecule has 0 aliphatic carbocycles. The van der Waals surface area contributed by atoms with Gasteiger partial charge in [0.15, 0.2) is 0 Å². The second kappa shape index (κ2) is 4.32. The van der Waals surface area contributed by atoms with Crippen LogP contribution < -0.4 is 0 Å². The second-order valence-corrected chi connectivity index (χ2v) is 4.73. The number of phenols is 2. The zero-order chi connectivity index (χ0) is 13.4. The molecule has 3 rings (SSSR count). The van der Waals surface area contributed by atoms with Gasteiger partial charge >= 0.3 is 0 Å². The fraction of sp³-hybridized carbons (Fsp3) is 0.0588. The Balaban J connectivity index is 2.32. The van der Waals surface area contributed by atoms with Crippen molar-refractivity contribution in [2.75, 3.05) is 0 Å². The number of benzene rings is 3. The highest BCUT2D eigenvalue weighted by Crippen LogP contribution is 2.35. The van der Waals surface area contributed by atoms with Gasteiger partial charge in [-0.05, 0) is 47.7 Å². The molecule has 0 heterocycles. The van der Waals surface area contributed by atoms with Gasteiger partial charge in [-0.2, -0.15) is 0 Å². The van der Waals surface area contributed by atoms with E-state index in [9.17, 15) is 10.2 Å². The van der Waals surface area contributed by atoms with E-state index in [4.69, 9.17) is 0 Å². The standard InChI is InChI=1S/C17H14O2/c1-11-2-4-12(5-3-11)14-8-9-17(19)15-7-6-13(18)10-16(14)15/h2-10,18-19H,1H3. The van der Waals surface area contributed by atoms with Gasteiger partial charge in [0, 0.05) is 5.39 Å². The lowest BCUT2D eigenvalue weighted by atomic mass is 9.97. The molecule has 3 aromatic rings. The third kappa shape index (κ3) is 2.02. The third-order valence-electron chi connectivity index (χ3n) is 3.34. The maximum atomic E-state index is 9.90. The first-order valence-electron chi connectivity index (χ1n) is 6.17. The van der Waals surface area contributed by atoms with Gasteiger partial charge in [-0.3, -0.25) is 0 Å². The number of hydrogen-bond acceptors (Lipinski definition) is 2. The minimum absolute atomic E-state index is 0.200. The van der Waals surface area contributed by atoms with Crippen LogP contribution in [0.3, 0.4) is 0 Å². The summed E-state index contributed by atoms with van der Waals surface area (Å²) in [4.78, 5) is 0. The Bertz CT molecular complexity index is 743. The summed E-state index contributed by atoms with van der Waals surface area (Å²) in [6, 6.07) is 16.8. The Morgan fingerprint density at radius 3 is 2.21 bits per heavy atom. The molecule has 0 aliphatic rings. The highest BCUT2D eigenvalue weighted by molar-refractivity contribution is 6.00. The molecule has 2 nitrogen and oxygen atoms in total. The minimum Gasteiger partial charge on any atom is -0.508 e. The molecule has 0 radical (unpaired) electrons. The molecule has 0 saturated carbocycles. The largest absolute Gasteiger partial charge is 0.508 e. The van der Waals surface area contributed by atoms with Crippen molar-refractivity contribution >= 4 is 10.8 Å². The van der Waals surface area contributed by atoms with Crippen LogP contribution in [-0.2, 0) is 0 Å². The summed E-state index contributed by atoms with van der Waals surface area (Å²) < 4.78 is 0. The Kier molecular flexibility index (Phi) is 2.64. The molecule has 0 amide bonds. The van der Waals surface area contributed by atoms with Crippen LogP contribution in [0.4, 0.5) is 0 Å². The van der Waals surface area contributed by atoms with Gasteiger partial charge in [-0.25, -0.2) is 0 Å². The molecular weight excluding hydrogens is 236 g/mol. The van der Waals surface area contributed by atoms with Crippen molar-refractivity contribution < 1.29 is 10.2 Å². The van der Waals surface area contributed by atoms with Crippen molar-refractivity contribution in [3.05, 3.63) is 60.2 Å². The van der Waals surface area contributed by atoms with Gasteiger partial charge in [0.25, 0.3) is 0 Å². The lowest BCUT2D eigenvalue weighted by Gasteiger charge is -2.09. The van der Waals surface area contributed by atoms with E-state index < -0.39 is 0 Å². The molecule has 0 aliphatic heterocycles. The number of phenolic OH excluding ortho intramolecular Hbond substituents is 2. The van der Waals surface area contributed by atoms with Crippen molar-refractivity contribution in [1.82, 2.24) is 0 Å². The first-order valence-corrected chi connectivity index (χ1v) is 6.17. The Morgan fingerprint density at radius 2 is 1.47 bits per heavy atom. The maximum absolute atomic E-state index is 9.90. The number of fused-ring (bicyclic) bond motifs is 1. The molecule has 2 heteroatoms. The lowest BCUT2D eigenvalue weighted by molar-refractivity contribution is 0.475. The number of aryl methyl sites for hydroxylation is 1. The summed E-state index contributed by atoms with van der Waals surface area (Å²) >= 11 is 0. The molecule has 0 saturated heterocycles. The molecule has 0 spiro atoms. The molecular formula is C17H14O2. The number of aromatic hydroxyl groups is 2. The highest BCUT2D eigenvalue weighted by Gasteiger charge is 2.08. The lowest BCUT2D eigenvalue weighted by Crippen LogP contribution is -1.83. The maximum Gasteiger partial charge on any atom is 0.123 e. The van der Waals surface area contributed by atoms with Gasteiger partial charge in [-0.1, -0.05) is 35.9 Å². The van der Waals surface area contributed by atoms with Crippen molar-refractivity contribution in [2.45, 2.75) is 6.92 Å². The van der Waals surface area contributed by atoms with Crippen LogP contribution in [0.5, 0.6) is 11.5 Å². The van der Waals surface area contributed by atoms with Crippen LogP contribution in [0.15, 0.2) is 54.6 Å². The van der Waals surface area contributed by atoms with Crippen molar-refractivity contribution in [2.24, 2.45) is 0 Å². The Labute approximate surface area is 111 Å². The van der Waals surface area contributed by atoms with E-state index in [2.05, 4.69) is 12.1 Å². The minimum atomic E-state index is 0.200. The predicted molar refractivity (Wildman–Crippen MR) is 77.5 cm³/mol. The second-order valence-electron chi connectivity index (χ2n) is 4.73. The summed E-state index contributed by atoms with van der Waals surface area (Å²) in [7, 11) is 0. The zero-order valence-corrected chi connectivity index (χ0v) is 10.6. The normalized spacial score (nSPS) is 10.8. The van der Waals surface area contributed by atoms with E-state index in [0.29, 0.717) is 0 Å². The Morgan fingerprint density at radius 1 is 0.737 bits per heavy atom. The molecule has 2 N–H and O–H groups in total. The predicted octanol–water partition coefficient (Wildman–Crippen LogP) is 4.23. The van der Waals surface area contributed by atoms with E-state index in [-0.39, 0.29) is 11.5 Å². The van der Waals surface area contributed by atoms with Crippen LogP contribution in [0, 0.1) is 6.92 Å². The van der Waals surface area contributed by atoms with Gasteiger partial charge < -0.3 is 10.2 Å². The SMILES string of the molecule is Cc1ccc(-c2ccc(O)c3ccc(O)cc23)cc1. The third-order valence-corrected chi connectivity index (χ3v) is 3.34. The molecule has 3 aromatic carbocycles. The van der Waals surface area contributed by atoms with E-state index in [0.717, 1.165) is 21.9 Å². The monoisotopic (exact) mass is 250 g/mol. The average Bonchev–Trinajstić information content (AvgIpc) is 2.40. The molecule has 0 aromatic heterocycles. The summed E-state index contributed by atoms with van der Waals surface area (Å²) in [5, 5.41) is 21.1. The summed E-state index contributed by atoms with van der Waals surface area (Å²) in [6.45, 7) is 2.05. The fourth-order valence-electron chi connectivity index (χ4n) is 2.31. The number of rotatable bonds is 1. The van der Waals surface area contributed by atoms with Crippen molar-refractivity contribution in [3.63, 3.8) is 0 Å². The van der Waals surface area contributed by atoms with Crippen LogP contribution in [0.2, 0.25) is 0 Å². The van der Waals surface area contributed by atoms with E-state index >= 15 is 0 Å². The van der Waals surface area contributed by atoms with Gasteiger partial charge in [-0.15, -0.1) is 0 Å². The van der Waals surface area contributed by atoms with E-state index in [1.54, 1.807) is 24.3 Å². The quantitative estimate of drug-likeness (QED) is 0.678. The molecule has 0 fully saturated rings. The van der Waals surface area contributed by atoms with Crippen LogP contribution in [0.1, 0.15) is 5.56 Å². The van der Waals surface area contributed by atoms with Gasteiger partial charge in [0.2, 0.25) is 0 Å². The van der Waals surface area contributed by atoms with Gasteiger partial charge in [0.05, 0.1) is 0 Å². The zero-order valence-electron chi connectivity index (χ0n) is 10.6. The first kappa shape index (κ1) is 11.6. The van der Waals surface area contributed by atoms with Crippen LogP contribution in [-0.4, -0.2) is 10.2 Å². The average molecular weight is 250 g/mol. The van der Waals surface area contributed by atoms with Crippen LogP contribution >= 0.6 is 0 Å². The van der Waals surface area contributed by atoms with Crippen molar-refractivity contribution in [3.8, 4) is 22.6 Å². The number of hydrogen-bond donors (Lipinski definition) is 2. The topological polar surface area (TPSA) is 40.5 Å². The Hall–Kier alpha value is -2.48. The van der Waals surface area contributed by atoms with Gasteiger partial charge in [0.1, 0.15) is 11.5 Å². The smallest absolute Gasteiger partial charge is 0.123 e.